The van der Waals surface area contributed by atoms with Gasteiger partial charge in [-0.15, -0.1) is 0 Å². The van der Waals surface area contributed by atoms with Crippen molar-refractivity contribution < 1.29 is 14.2 Å². The molecule has 6 nitrogen and oxygen atoms in total. The lowest BCUT2D eigenvalue weighted by Gasteiger charge is -2.31. The lowest BCUT2D eigenvalue weighted by molar-refractivity contribution is -0.550. The summed E-state index contributed by atoms with van der Waals surface area (Å²) >= 11 is 0. The van der Waals surface area contributed by atoms with Crippen LogP contribution in [0.1, 0.15) is 19.8 Å². The average Bonchev–Trinajstić information content (AvgIpc) is 2.40. The third-order valence-corrected chi connectivity index (χ3v) is 3.86. The van der Waals surface area contributed by atoms with Gasteiger partial charge in [-0.3, -0.25) is 9.37 Å². The summed E-state index contributed by atoms with van der Waals surface area (Å²) in [5.74, 6) is -0.252. The number of hydrogen-bond acceptors (Lipinski definition) is 3. The maximum absolute atomic E-state index is 12.1. The van der Waals surface area contributed by atoms with Crippen molar-refractivity contribution in [2.24, 2.45) is 11.8 Å². The van der Waals surface area contributed by atoms with Crippen molar-refractivity contribution in [1.82, 2.24) is 9.80 Å². The Kier molecular flexibility index (Phi) is 3.56. The molecule has 2 aliphatic heterocycles. The maximum atomic E-state index is 12.1. The molecule has 2 rings (SSSR count). The minimum absolute atomic E-state index is 0.371. The lowest BCUT2D eigenvalue weighted by Crippen LogP contribution is -2.59. The van der Waals surface area contributed by atoms with Gasteiger partial charge in [0.2, 0.25) is 5.92 Å². The van der Waals surface area contributed by atoms with Crippen molar-refractivity contribution in [2.45, 2.75) is 19.8 Å². The molecule has 2 saturated heterocycles. The molecule has 0 aromatic rings. The van der Waals surface area contributed by atoms with Gasteiger partial charge in [-0.05, 0) is 18.8 Å². The summed E-state index contributed by atoms with van der Waals surface area (Å²) in [7, 11) is 3.05. The molecule has 3 amide bonds. The van der Waals surface area contributed by atoms with E-state index < -0.39 is 11.8 Å². The molecule has 102 valence electrons. The SMILES string of the molecule is CC1CCC[N+](=C2C(C#N)C(=O)N(C)C(=O)N2C)C1. The summed E-state index contributed by atoms with van der Waals surface area (Å²) in [6.45, 7) is 3.74. The van der Waals surface area contributed by atoms with E-state index in [1.807, 2.05) is 10.6 Å². The van der Waals surface area contributed by atoms with Gasteiger partial charge >= 0.3 is 6.03 Å². The number of urea groups is 1. The number of amides is 3. The lowest BCUT2D eigenvalue weighted by atomic mass is 9.99. The molecule has 0 bridgehead atoms. The van der Waals surface area contributed by atoms with Crippen LogP contribution in [0.4, 0.5) is 4.79 Å². The van der Waals surface area contributed by atoms with Gasteiger partial charge in [-0.1, -0.05) is 6.92 Å². The Hall–Kier alpha value is -1.90. The molecule has 0 aliphatic carbocycles. The molecule has 2 heterocycles. The normalized spacial score (nSPS) is 32.5. The van der Waals surface area contributed by atoms with Crippen molar-refractivity contribution in [3.8, 4) is 6.07 Å². The molecule has 19 heavy (non-hydrogen) atoms. The van der Waals surface area contributed by atoms with E-state index in [2.05, 4.69) is 6.92 Å². The van der Waals surface area contributed by atoms with Crippen LogP contribution in [0.2, 0.25) is 0 Å². The highest BCUT2D eigenvalue weighted by atomic mass is 16.2. The first-order valence-electron chi connectivity index (χ1n) is 6.54. The van der Waals surface area contributed by atoms with E-state index in [0.29, 0.717) is 11.8 Å². The summed E-state index contributed by atoms with van der Waals surface area (Å²) in [4.78, 5) is 26.5. The van der Waals surface area contributed by atoms with Crippen LogP contribution in [0, 0.1) is 23.2 Å². The maximum Gasteiger partial charge on any atom is 0.417 e. The molecule has 0 N–H and O–H groups in total. The minimum atomic E-state index is -0.877. The van der Waals surface area contributed by atoms with Crippen molar-refractivity contribution in [3.63, 3.8) is 0 Å². The summed E-state index contributed by atoms with van der Waals surface area (Å²) in [5, 5.41) is 9.27. The summed E-state index contributed by atoms with van der Waals surface area (Å²) in [6.07, 6.45) is 2.17. The van der Waals surface area contributed by atoms with Crippen molar-refractivity contribution in [1.29, 1.82) is 5.26 Å². The first-order valence-corrected chi connectivity index (χ1v) is 6.54. The Bertz CT molecular complexity index is 491. The fraction of sp³-hybridized carbons (Fsp3) is 0.692. The van der Waals surface area contributed by atoms with E-state index in [0.717, 1.165) is 30.8 Å². The van der Waals surface area contributed by atoms with Gasteiger partial charge in [0.1, 0.15) is 0 Å². The monoisotopic (exact) mass is 263 g/mol. The number of carbonyl (C=O) groups is 2. The summed E-state index contributed by atoms with van der Waals surface area (Å²) in [6, 6.07) is 1.66. The van der Waals surface area contributed by atoms with Crippen LogP contribution in [0.3, 0.4) is 0 Å². The molecule has 2 atom stereocenters. The summed E-state index contributed by atoms with van der Waals surface area (Å²) in [5.41, 5.74) is 0. The van der Waals surface area contributed by atoms with Gasteiger partial charge < -0.3 is 0 Å². The number of amidine groups is 1. The van der Waals surface area contributed by atoms with Crippen molar-refractivity contribution in [3.05, 3.63) is 0 Å². The highest BCUT2D eigenvalue weighted by molar-refractivity contribution is 6.17. The van der Waals surface area contributed by atoms with Gasteiger partial charge in [0, 0.05) is 7.05 Å². The zero-order valence-corrected chi connectivity index (χ0v) is 11.6. The molecular weight excluding hydrogens is 244 g/mol. The number of hydrogen-bond donors (Lipinski definition) is 0. The van der Waals surface area contributed by atoms with Gasteiger partial charge in [-0.2, -0.15) is 10.2 Å². The van der Waals surface area contributed by atoms with E-state index in [-0.39, 0.29) is 6.03 Å². The molecule has 2 fully saturated rings. The second kappa shape index (κ2) is 5.00. The Morgan fingerprint density at radius 2 is 2.00 bits per heavy atom. The van der Waals surface area contributed by atoms with E-state index >= 15 is 0 Å². The predicted molar refractivity (Wildman–Crippen MR) is 68.4 cm³/mol. The van der Waals surface area contributed by atoms with Gasteiger partial charge in [0.15, 0.2) is 0 Å². The van der Waals surface area contributed by atoms with E-state index in [4.69, 9.17) is 0 Å². The number of nitriles is 1. The third kappa shape index (κ3) is 2.21. The first kappa shape index (κ1) is 13.5. The largest absolute Gasteiger partial charge is 0.417 e. The third-order valence-electron chi connectivity index (χ3n) is 3.86. The van der Waals surface area contributed by atoms with Crippen LogP contribution in [0.5, 0.6) is 0 Å². The Morgan fingerprint density at radius 1 is 1.32 bits per heavy atom. The van der Waals surface area contributed by atoms with Crippen molar-refractivity contribution >= 4 is 17.8 Å². The van der Waals surface area contributed by atoms with Crippen LogP contribution in [-0.2, 0) is 4.79 Å². The zero-order chi connectivity index (χ0) is 14.2. The van der Waals surface area contributed by atoms with Gasteiger partial charge in [-0.25, -0.2) is 9.69 Å². The molecule has 6 heteroatoms. The minimum Gasteiger partial charge on any atom is -0.272 e. The molecule has 0 radical (unpaired) electrons. The molecule has 0 aromatic carbocycles. The van der Waals surface area contributed by atoms with Crippen LogP contribution in [0.15, 0.2) is 0 Å². The number of carbonyl (C=O) groups excluding carboxylic acids is 2. The van der Waals surface area contributed by atoms with Gasteiger partial charge in [0.05, 0.1) is 26.2 Å². The number of nitrogens with zero attached hydrogens (tertiary/aromatic N) is 4. The van der Waals surface area contributed by atoms with Gasteiger partial charge in [0.25, 0.3) is 11.7 Å². The highest BCUT2D eigenvalue weighted by Crippen LogP contribution is 2.19. The number of piperidine rings is 1. The average molecular weight is 263 g/mol. The van der Waals surface area contributed by atoms with E-state index in [1.165, 1.54) is 11.9 Å². The smallest absolute Gasteiger partial charge is 0.272 e. The Balaban J connectivity index is 2.46. The molecule has 2 aliphatic rings. The quantitative estimate of drug-likeness (QED) is 0.597. The Morgan fingerprint density at radius 3 is 2.58 bits per heavy atom. The fourth-order valence-electron chi connectivity index (χ4n) is 2.82. The van der Waals surface area contributed by atoms with Crippen LogP contribution in [-0.4, -0.2) is 59.3 Å². The van der Waals surface area contributed by atoms with E-state index in [1.54, 1.807) is 7.05 Å². The standard InChI is InChI=1S/C13H19N4O2/c1-9-5-4-6-17(8-9)11-10(7-14)12(18)16(3)13(19)15(11)2/h9-10H,4-6,8H2,1-3H3/q+1. The van der Waals surface area contributed by atoms with Crippen molar-refractivity contribution in [2.75, 3.05) is 27.2 Å². The van der Waals surface area contributed by atoms with E-state index in [9.17, 15) is 14.9 Å². The molecule has 0 aromatic heterocycles. The molecule has 0 spiro atoms. The second-order valence-electron chi connectivity index (χ2n) is 5.35. The molecule has 0 saturated carbocycles. The van der Waals surface area contributed by atoms with Crippen LogP contribution in [0.25, 0.3) is 0 Å². The molecular formula is C13H19N4O2+. The zero-order valence-electron chi connectivity index (χ0n) is 11.6. The second-order valence-corrected chi connectivity index (χ2v) is 5.35. The Labute approximate surface area is 112 Å². The predicted octanol–water partition coefficient (Wildman–Crippen LogP) is 0.491. The molecule has 2 unspecified atom stereocenters. The van der Waals surface area contributed by atoms with Crippen LogP contribution < -0.4 is 0 Å². The number of rotatable bonds is 0. The number of imide groups is 1. The highest BCUT2D eigenvalue weighted by Gasteiger charge is 2.48. The summed E-state index contributed by atoms with van der Waals surface area (Å²) < 4.78 is 2.02. The first-order chi connectivity index (χ1) is 8.97. The van der Waals surface area contributed by atoms with Crippen LogP contribution >= 0.6 is 0 Å². The topological polar surface area (TPSA) is 67.4 Å². The fourth-order valence-corrected chi connectivity index (χ4v) is 2.82.